The summed E-state index contributed by atoms with van der Waals surface area (Å²) in [6.45, 7) is 7.31. The van der Waals surface area contributed by atoms with Gasteiger partial charge in [-0.3, -0.25) is 4.72 Å². The van der Waals surface area contributed by atoms with Gasteiger partial charge in [-0.1, -0.05) is 13.3 Å². The minimum absolute atomic E-state index is 0.148. The predicted octanol–water partition coefficient (Wildman–Crippen LogP) is 4.46. The first-order valence-corrected chi connectivity index (χ1v) is 10.6. The number of hydrogen-bond donors (Lipinski definition) is 1. The lowest BCUT2D eigenvalue weighted by Crippen LogP contribution is -2.14. The van der Waals surface area contributed by atoms with Gasteiger partial charge in [0.25, 0.3) is 10.0 Å². The molecule has 2 rings (SSSR count). The molecule has 0 saturated carbocycles. The number of hydrogen-bond acceptors (Lipinski definition) is 5. The quantitative estimate of drug-likeness (QED) is 0.571. The van der Waals surface area contributed by atoms with Crippen molar-refractivity contribution in [1.29, 1.82) is 0 Å². The summed E-state index contributed by atoms with van der Waals surface area (Å²) in [7, 11) is -3.77. The highest BCUT2D eigenvalue weighted by Crippen LogP contribution is 2.31. The van der Waals surface area contributed by atoms with Crippen LogP contribution < -0.4 is 18.9 Å². The standard InChI is InChI=1S/C20H27NO5S/c1-4-7-14-26-16-8-11-18(12-9-16)27(22,23)21-19-15-17(24-5-2)10-13-20(19)25-6-3/h8-13,15,21H,4-7,14H2,1-3H3. The van der Waals surface area contributed by atoms with Gasteiger partial charge in [0.1, 0.15) is 17.2 Å². The lowest BCUT2D eigenvalue weighted by atomic mass is 10.3. The average molecular weight is 394 g/mol. The molecule has 0 unspecified atom stereocenters. The zero-order chi connectivity index (χ0) is 19.7. The Kier molecular flexibility index (Phi) is 7.79. The Labute approximate surface area is 161 Å². The van der Waals surface area contributed by atoms with E-state index in [1.165, 1.54) is 12.1 Å². The highest BCUT2D eigenvalue weighted by Gasteiger charge is 2.17. The molecule has 148 valence electrons. The molecular weight excluding hydrogens is 366 g/mol. The van der Waals surface area contributed by atoms with Crippen LogP contribution in [-0.2, 0) is 10.0 Å². The maximum absolute atomic E-state index is 12.8. The fraction of sp³-hybridized carbons (Fsp3) is 0.400. The molecule has 0 atom stereocenters. The molecule has 0 bridgehead atoms. The summed E-state index contributed by atoms with van der Waals surface area (Å²) in [6, 6.07) is 11.4. The van der Waals surface area contributed by atoms with Crippen molar-refractivity contribution in [1.82, 2.24) is 0 Å². The number of nitrogens with one attached hydrogen (secondary N) is 1. The first-order valence-electron chi connectivity index (χ1n) is 9.15. The summed E-state index contributed by atoms with van der Waals surface area (Å²) < 4.78 is 44.6. The Bertz CT molecular complexity index is 819. The van der Waals surface area contributed by atoms with Gasteiger partial charge < -0.3 is 14.2 Å². The Morgan fingerprint density at radius 1 is 0.852 bits per heavy atom. The molecule has 2 aromatic rings. The van der Waals surface area contributed by atoms with Crippen molar-refractivity contribution in [3.05, 3.63) is 42.5 Å². The number of sulfonamides is 1. The van der Waals surface area contributed by atoms with Crippen molar-refractivity contribution < 1.29 is 22.6 Å². The largest absolute Gasteiger partial charge is 0.494 e. The summed E-state index contributed by atoms with van der Waals surface area (Å²) in [5.74, 6) is 1.66. The summed E-state index contributed by atoms with van der Waals surface area (Å²) in [5.41, 5.74) is 0.339. The third-order valence-corrected chi connectivity index (χ3v) is 5.09. The van der Waals surface area contributed by atoms with Crippen LogP contribution in [0.4, 0.5) is 5.69 Å². The molecule has 0 spiro atoms. The number of unbranched alkanes of at least 4 members (excludes halogenated alkanes) is 1. The molecule has 0 aromatic heterocycles. The smallest absolute Gasteiger partial charge is 0.262 e. The molecule has 0 aliphatic rings. The van der Waals surface area contributed by atoms with Gasteiger partial charge in [-0.15, -0.1) is 0 Å². The molecule has 7 heteroatoms. The molecule has 1 N–H and O–H groups in total. The first-order chi connectivity index (χ1) is 13.0. The minimum Gasteiger partial charge on any atom is -0.494 e. The molecule has 0 radical (unpaired) electrons. The normalized spacial score (nSPS) is 11.1. The molecule has 0 amide bonds. The van der Waals surface area contributed by atoms with E-state index >= 15 is 0 Å². The lowest BCUT2D eigenvalue weighted by Gasteiger charge is -2.15. The monoisotopic (exact) mass is 393 g/mol. The van der Waals surface area contributed by atoms with Crippen LogP contribution in [0.5, 0.6) is 17.2 Å². The van der Waals surface area contributed by atoms with Gasteiger partial charge in [0.2, 0.25) is 0 Å². The van der Waals surface area contributed by atoms with E-state index in [9.17, 15) is 8.42 Å². The van der Waals surface area contributed by atoms with Gasteiger partial charge in [0, 0.05) is 6.07 Å². The van der Waals surface area contributed by atoms with Crippen molar-refractivity contribution in [2.24, 2.45) is 0 Å². The minimum atomic E-state index is -3.77. The van der Waals surface area contributed by atoms with Crippen LogP contribution in [0.2, 0.25) is 0 Å². The number of rotatable bonds is 11. The van der Waals surface area contributed by atoms with Crippen LogP contribution in [0.1, 0.15) is 33.6 Å². The highest BCUT2D eigenvalue weighted by atomic mass is 32.2. The summed E-state index contributed by atoms with van der Waals surface area (Å²) in [4.78, 5) is 0.148. The molecule has 27 heavy (non-hydrogen) atoms. The van der Waals surface area contributed by atoms with Gasteiger partial charge in [0.15, 0.2) is 0 Å². The molecule has 0 aliphatic carbocycles. The van der Waals surface area contributed by atoms with Gasteiger partial charge in [0.05, 0.1) is 30.4 Å². The van der Waals surface area contributed by atoms with E-state index in [1.54, 1.807) is 30.3 Å². The molecule has 0 saturated heterocycles. The Morgan fingerprint density at radius 3 is 2.15 bits per heavy atom. The van der Waals surface area contributed by atoms with Crippen molar-refractivity contribution >= 4 is 15.7 Å². The lowest BCUT2D eigenvalue weighted by molar-refractivity contribution is 0.309. The van der Waals surface area contributed by atoms with E-state index < -0.39 is 10.0 Å². The van der Waals surface area contributed by atoms with Crippen molar-refractivity contribution in [3.63, 3.8) is 0 Å². The fourth-order valence-electron chi connectivity index (χ4n) is 2.38. The number of anilines is 1. The predicted molar refractivity (Wildman–Crippen MR) is 106 cm³/mol. The van der Waals surface area contributed by atoms with Gasteiger partial charge >= 0.3 is 0 Å². The van der Waals surface area contributed by atoms with Crippen LogP contribution in [0, 0.1) is 0 Å². The summed E-state index contributed by atoms with van der Waals surface area (Å²) >= 11 is 0. The van der Waals surface area contributed by atoms with Gasteiger partial charge in [-0.2, -0.15) is 0 Å². The van der Waals surface area contributed by atoms with E-state index in [2.05, 4.69) is 11.6 Å². The molecule has 6 nitrogen and oxygen atoms in total. The van der Waals surface area contributed by atoms with Crippen LogP contribution in [0.15, 0.2) is 47.4 Å². The molecule has 0 fully saturated rings. The van der Waals surface area contributed by atoms with E-state index in [-0.39, 0.29) is 4.90 Å². The van der Waals surface area contributed by atoms with Crippen LogP contribution in [0.3, 0.4) is 0 Å². The van der Waals surface area contributed by atoms with Crippen molar-refractivity contribution in [3.8, 4) is 17.2 Å². The highest BCUT2D eigenvalue weighted by molar-refractivity contribution is 7.92. The summed E-state index contributed by atoms with van der Waals surface area (Å²) in [6.07, 6.45) is 2.00. The summed E-state index contributed by atoms with van der Waals surface area (Å²) in [5, 5.41) is 0. The second-order valence-corrected chi connectivity index (χ2v) is 7.49. The molecule has 0 heterocycles. The zero-order valence-corrected chi connectivity index (χ0v) is 16.8. The average Bonchev–Trinajstić information content (AvgIpc) is 2.65. The SMILES string of the molecule is CCCCOc1ccc(S(=O)(=O)Nc2cc(OCC)ccc2OCC)cc1. The Morgan fingerprint density at radius 2 is 1.52 bits per heavy atom. The van der Waals surface area contributed by atoms with Crippen LogP contribution in [-0.4, -0.2) is 28.2 Å². The van der Waals surface area contributed by atoms with E-state index in [0.717, 1.165) is 12.8 Å². The maximum atomic E-state index is 12.8. The third kappa shape index (κ3) is 6.06. The molecule has 2 aromatic carbocycles. The van der Waals surface area contributed by atoms with Crippen molar-refractivity contribution in [2.45, 2.75) is 38.5 Å². The van der Waals surface area contributed by atoms with E-state index in [0.29, 0.717) is 42.8 Å². The molecule has 0 aliphatic heterocycles. The Hall–Kier alpha value is -2.41. The van der Waals surface area contributed by atoms with E-state index in [1.807, 2.05) is 13.8 Å². The van der Waals surface area contributed by atoms with E-state index in [4.69, 9.17) is 14.2 Å². The zero-order valence-electron chi connectivity index (χ0n) is 16.0. The Balaban J connectivity index is 2.20. The first kappa shape index (κ1) is 20.9. The van der Waals surface area contributed by atoms with Crippen LogP contribution >= 0.6 is 0 Å². The maximum Gasteiger partial charge on any atom is 0.262 e. The second kappa shape index (κ2) is 10.1. The topological polar surface area (TPSA) is 73.9 Å². The molecular formula is C20H27NO5S. The van der Waals surface area contributed by atoms with Gasteiger partial charge in [-0.05, 0) is 56.7 Å². The number of benzene rings is 2. The number of ether oxygens (including phenoxy) is 3. The van der Waals surface area contributed by atoms with Gasteiger partial charge in [-0.25, -0.2) is 8.42 Å². The van der Waals surface area contributed by atoms with Crippen molar-refractivity contribution in [2.75, 3.05) is 24.5 Å². The third-order valence-electron chi connectivity index (χ3n) is 3.71. The fourth-order valence-corrected chi connectivity index (χ4v) is 3.44. The van der Waals surface area contributed by atoms with Crippen LogP contribution in [0.25, 0.3) is 0 Å². The second-order valence-electron chi connectivity index (χ2n) is 5.80.